The van der Waals surface area contributed by atoms with Crippen molar-refractivity contribution >= 4 is 5.97 Å². The summed E-state index contributed by atoms with van der Waals surface area (Å²) in [6, 6.07) is 0. The molecule has 0 amide bonds. The van der Waals surface area contributed by atoms with E-state index in [9.17, 15) is 4.79 Å². The molecule has 4 aliphatic rings. The molecule has 3 saturated carbocycles. The van der Waals surface area contributed by atoms with Crippen molar-refractivity contribution in [1.29, 1.82) is 0 Å². The molecule has 0 aliphatic heterocycles. The lowest BCUT2D eigenvalue weighted by molar-refractivity contribution is -0.150. The van der Waals surface area contributed by atoms with Crippen molar-refractivity contribution in [2.75, 3.05) is 6.61 Å². The number of fused-ring (bicyclic) bond motifs is 5. The molecule has 2 heteroatoms. The first-order valence-electron chi connectivity index (χ1n) is 14.6. The highest BCUT2D eigenvalue weighted by molar-refractivity contribution is 5.73. The van der Waals surface area contributed by atoms with Crippen molar-refractivity contribution < 1.29 is 9.53 Å². The second kappa shape index (κ2) is 10.1. The van der Waals surface area contributed by atoms with E-state index < -0.39 is 0 Å². The third kappa shape index (κ3) is 4.71. The minimum Gasteiger partial charge on any atom is -0.465 e. The average molecular weight is 457 g/mol. The van der Waals surface area contributed by atoms with Gasteiger partial charge in [-0.2, -0.15) is 0 Å². The van der Waals surface area contributed by atoms with Gasteiger partial charge in [0.2, 0.25) is 0 Å². The van der Waals surface area contributed by atoms with Gasteiger partial charge >= 0.3 is 5.97 Å². The number of rotatable bonds is 8. The zero-order chi connectivity index (χ0) is 23.8. The van der Waals surface area contributed by atoms with Crippen LogP contribution in [0.25, 0.3) is 0 Å². The van der Waals surface area contributed by atoms with Crippen molar-refractivity contribution in [3.63, 3.8) is 0 Å². The predicted octanol–water partition coefficient (Wildman–Crippen LogP) is 8.60. The zero-order valence-corrected chi connectivity index (χ0v) is 22.6. The van der Waals surface area contributed by atoms with Gasteiger partial charge in [0.1, 0.15) is 0 Å². The van der Waals surface area contributed by atoms with E-state index in [1.807, 2.05) is 0 Å². The molecule has 188 valence electrons. The van der Waals surface area contributed by atoms with Gasteiger partial charge in [-0.25, -0.2) is 0 Å². The van der Waals surface area contributed by atoms with Crippen LogP contribution in [0.1, 0.15) is 119 Å². The number of hydrogen-bond acceptors (Lipinski definition) is 2. The largest absolute Gasteiger partial charge is 0.465 e. The van der Waals surface area contributed by atoms with Crippen LogP contribution < -0.4 is 0 Å². The Balaban J connectivity index is 1.45. The molecule has 0 N–H and O–H groups in total. The number of carbonyl (C=O) groups is 1. The Kier molecular flexibility index (Phi) is 7.72. The maximum absolute atomic E-state index is 12.6. The van der Waals surface area contributed by atoms with Crippen molar-refractivity contribution in [2.45, 2.75) is 119 Å². The highest BCUT2D eigenvalue weighted by Crippen LogP contribution is 2.67. The topological polar surface area (TPSA) is 26.3 Å². The summed E-state index contributed by atoms with van der Waals surface area (Å²) < 4.78 is 5.53. The fourth-order valence-corrected chi connectivity index (χ4v) is 9.21. The van der Waals surface area contributed by atoms with Crippen LogP contribution in [0.3, 0.4) is 0 Å². The van der Waals surface area contributed by atoms with Gasteiger partial charge in [0.25, 0.3) is 0 Å². The average Bonchev–Trinajstić information content (AvgIpc) is 3.13. The molecule has 33 heavy (non-hydrogen) atoms. The van der Waals surface area contributed by atoms with Crippen LogP contribution in [-0.2, 0) is 9.53 Å². The molecule has 0 unspecified atom stereocenters. The van der Waals surface area contributed by atoms with Crippen LogP contribution in [0.4, 0.5) is 0 Å². The number of hydrogen-bond donors (Lipinski definition) is 0. The Morgan fingerprint density at radius 2 is 1.85 bits per heavy atom. The molecule has 3 fully saturated rings. The molecular formula is C31H52O2. The Morgan fingerprint density at radius 1 is 1.06 bits per heavy atom. The molecule has 0 bridgehead atoms. The van der Waals surface area contributed by atoms with Gasteiger partial charge in [0, 0.05) is 0 Å². The van der Waals surface area contributed by atoms with E-state index in [1.165, 1.54) is 57.8 Å². The van der Waals surface area contributed by atoms with Crippen molar-refractivity contribution in [3.8, 4) is 0 Å². The summed E-state index contributed by atoms with van der Waals surface area (Å²) in [5.41, 5.74) is 2.49. The highest BCUT2D eigenvalue weighted by Gasteiger charge is 2.59. The Hall–Kier alpha value is -0.790. The lowest BCUT2D eigenvalue weighted by Gasteiger charge is -2.58. The fourth-order valence-electron chi connectivity index (χ4n) is 9.21. The molecule has 0 saturated heterocycles. The molecule has 0 heterocycles. The molecule has 0 aromatic carbocycles. The maximum Gasteiger partial charge on any atom is 0.309 e. The maximum atomic E-state index is 12.6. The van der Waals surface area contributed by atoms with Gasteiger partial charge in [-0.1, -0.05) is 72.5 Å². The first-order valence-corrected chi connectivity index (χ1v) is 14.6. The summed E-state index contributed by atoms with van der Waals surface area (Å²) in [4.78, 5) is 12.6. The van der Waals surface area contributed by atoms with E-state index in [-0.39, 0.29) is 11.9 Å². The minimum atomic E-state index is 0.0585. The normalized spacial score (nSPS) is 41.1. The minimum absolute atomic E-state index is 0.0585. The first kappa shape index (κ1) is 25.3. The Labute approximate surface area is 204 Å². The molecule has 4 rings (SSSR count). The van der Waals surface area contributed by atoms with Crippen LogP contribution in [0.15, 0.2) is 11.6 Å². The summed E-state index contributed by atoms with van der Waals surface area (Å²) in [5.74, 6) is 5.42. The van der Waals surface area contributed by atoms with E-state index in [0.29, 0.717) is 17.4 Å². The third-order valence-corrected chi connectivity index (χ3v) is 11.1. The van der Waals surface area contributed by atoms with E-state index >= 15 is 0 Å². The van der Waals surface area contributed by atoms with Crippen LogP contribution in [0.5, 0.6) is 0 Å². The van der Waals surface area contributed by atoms with E-state index in [2.05, 4.69) is 47.6 Å². The lowest BCUT2D eigenvalue weighted by atomic mass is 9.46. The number of esters is 1. The van der Waals surface area contributed by atoms with Gasteiger partial charge in [0.05, 0.1) is 12.5 Å². The van der Waals surface area contributed by atoms with E-state index in [1.54, 1.807) is 5.57 Å². The molecule has 0 spiro atoms. The van der Waals surface area contributed by atoms with E-state index in [0.717, 1.165) is 54.8 Å². The lowest BCUT2D eigenvalue weighted by Crippen LogP contribution is -2.50. The summed E-state index contributed by atoms with van der Waals surface area (Å²) in [6.45, 7) is 15.2. The van der Waals surface area contributed by atoms with Crippen LogP contribution >= 0.6 is 0 Å². The molecule has 2 nitrogen and oxygen atoms in total. The molecule has 4 aliphatic carbocycles. The SMILES string of the molecule is CCCOC(=O)[C@@H]1CC[C@]2(C)C(=CC[C@H]3[C@H]4CC[C@H]([C@@H](C)CCCC(C)C)[C@]4(C)CC[C@H]32)C1. The second-order valence-corrected chi connectivity index (χ2v) is 13.4. The Morgan fingerprint density at radius 3 is 2.58 bits per heavy atom. The molecule has 0 aromatic heterocycles. The van der Waals surface area contributed by atoms with Gasteiger partial charge < -0.3 is 4.74 Å². The van der Waals surface area contributed by atoms with Crippen molar-refractivity contribution in [1.82, 2.24) is 0 Å². The van der Waals surface area contributed by atoms with Crippen LogP contribution in [0.2, 0.25) is 0 Å². The number of carbonyl (C=O) groups excluding carboxylic acids is 1. The van der Waals surface area contributed by atoms with Gasteiger partial charge in [-0.05, 0) is 104 Å². The highest BCUT2D eigenvalue weighted by atomic mass is 16.5. The second-order valence-electron chi connectivity index (χ2n) is 13.4. The summed E-state index contributed by atoms with van der Waals surface area (Å²) in [6.07, 6.45) is 17.9. The summed E-state index contributed by atoms with van der Waals surface area (Å²) in [5, 5.41) is 0. The molecule has 0 radical (unpaired) electrons. The number of allylic oxidation sites excluding steroid dienone is 2. The standard InChI is InChI=1S/C31H52O2/c1-7-19-33-29(32)23-15-17-30(5)24(20-23)11-12-25-27-14-13-26(22(4)10-8-9-21(2)3)31(27,6)18-16-28(25)30/h11,21-23,25-28H,7-10,12-20H2,1-6H3/t22-,23+,25-,26+,27+,28+,30+,31-/m0/s1. The van der Waals surface area contributed by atoms with Crippen molar-refractivity contribution in [3.05, 3.63) is 11.6 Å². The molecule has 0 aromatic rings. The van der Waals surface area contributed by atoms with Gasteiger partial charge in [0.15, 0.2) is 0 Å². The Bertz CT molecular complexity index is 722. The fraction of sp³-hybridized carbons (Fsp3) is 0.903. The van der Waals surface area contributed by atoms with Crippen molar-refractivity contribution in [2.24, 2.45) is 52.3 Å². The predicted molar refractivity (Wildman–Crippen MR) is 138 cm³/mol. The first-order chi connectivity index (χ1) is 15.7. The van der Waals surface area contributed by atoms with Gasteiger partial charge in [-0.3, -0.25) is 4.79 Å². The monoisotopic (exact) mass is 456 g/mol. The quantitative estimate of drug-likeness (QED) is 0.270. The third-order valence-electron chi connectivity index (χ3n) is 11.1. The van der Waals surface area contributed by atoms with Gasteiger partial charge in [-0.15, -0.1) is 0 Å². The summed E-state index contributed by atoms with van der Waals surface area (Å²) >= 11 is 0. The summed E-state index contributed by atoms with van der Waals surface area (Å²) in [7, 11) is 0. The zero-order valence-electron chi connectivity index (χ0n) is 22.6. The van der Waals surface area contributed by atoms with Crippen LogP contribution in [0, 0.1) is 52.3 Å². The molecular weight excluding hydrogens is 404 g/mol. The smallest absolute Gasteiger partial charge is 0.309 e. The van der Waals surface area contributed by atoms with Crippen LogP contribution in [-0.4, -0.2) is 12.6 Å². The number of ether oxygens (including phenoxy) is 1. The molecule has 8 atom stereocenters. The van der Waals surface area contributed by atoms with E-state index in [4.69, 9.17) is 4.74 Å².